The molecule has 1 fully saturated rings. The van der Waals surface area contributed by atoms with Gasteiger partial charge in [-0.2, -0.15) is 0 Å². The molecule has 0 saturated carbocycles. The van der Waals surface area contributed by atoms with Gasteiger partial charge in [-0.25, -0.2) is 9.78 Å². The third-order valence-corrected chi connectivity index (χ3v) is 8.19. The summed E-state index contributed by atoms with van der Waals surface area (Å²) in [6.07, 6.45) is 5.12. The summed E-state index contributed by atoms with van der Waals surface area (Å²) in [5, 5.41) is 14.9. The molecular weight excluding hydrogens is 482 g/mol. The minimum Gasteiger partial charge on any atom is -0.481 e. The third-order valence-electron chi connectivity index (χ3n) is 6.08. The molecule has 0 aliphatic carbocycles. The second kappa shape index (κ2) is 12.2. The lowest BCUT2D eigenvalue weighted by Gasteiger charge is -2.31. The maximum Gasteiger partial charge on any atom is 0.328 e. The lowest BCUT2D eigenvalue weighted by atomic mass is 9.93. The number of hydrogen-bond donors (Lipinski definition) is 2. The highest BCUT2D eigenvalue weighted by Gasteiger charge is 2.22. The number of fused-ring (bicyclic) bond motifs is 1. The van der Waals surface area contributed by atoms with E-state index in [-0.39, 0.29) is 5.91 Å². The zero-order valence-corrected chi connectivity index (χ0v) is 21.2. The Bertz CT molecular complexity index is 1190. The summed E-state index contributed by atoms with van der Waals surface area (Å²) in [7, 11) is 1.54. The van der Waals surface area contributed by atoms with Crippen LogP contribution in [0.3, 0.4) is 0 Å². The Morgan fingerprint density at radius 3 is 2.80 bits per heavy atom. The van der Waals surface area contributed by atoms with Gasteiger partial charge in [0.2, 0.25) is 11.8 Å². The predicted octanol–water partition coefficient (Wildman–Crippen LogP) is 5.24. The van der Waals surface area contributed by atoms with Gasteiger partial charge in [0, 0.05) is 36.2 Å². The molecule has 2 aromatic heterocycles. The molecule has 0 spiro atoms. The minimum atomic E-state index is -1.02. The Morgan fingerprint density at radius 1 is 1.26 bits per heavy atom. The van der Waals surface area contributed by atoms with E-state index in [9.17, 15) is 9.59 Å². The van der Waals surface area contributed by atoms with Crippen LogP contribution in [-0.2, 0) is 9.59 Å². The average Bonchev–Trinajstić information content (AvgIpc) is 3.38. The van der Waals surface area contributed by atoms with Crippen LogP contribution in [0.5, 0.6) is 5.88 Å². The number of nitrogens with one attached hydrogen (secondary N) is 1. The summed E-state index contributed by atoms with van der Waals surface area (Å²) < 4.78 is 6.62. The first-order valence-electron chi connectivity index (χ1n) is 11.6. The fourth-order valence-electron chi connectivity index (χ4n) is 4.24. The lowest BCUT2D eigenvalue weighted by Crippen LogP contribution is -2.36. The summed E-state index contributed by atoms with van der Waals surface area (Å²) in [6.45, 7) is 3.12. The van der Waals surface area contributed by atoms with Crippen LogP contribution in [0, 0.1) is 5.92 Å². The number of thiophene rings is 1. The van der Waals surface area contributed by atoms with Crippen LogP contribution in [0.25, 0.3) is 17.0 Å². The van der Waals surface area contributed by atoms with Crippen molar-refractivity contribution in [3.63, 3.8) is 0 Å². The quantitative estimate of drug-likeness (QED) is 0.284. The number of rotatable bonds is 10. The Balaban J connectivity index is 1.34. The lowest BCUT2D eigenvalue weighted by molar-refractivity contribution is -0.131. The number of carbonyl (C=O) groups is 2. The molecule has 184 valence electrons. The molecule has 1 amide bonds. The summed E-state index contributed by atoms with van der Waals surface area (Å²) in [5.74, 6) is 0.827. The standard InChI is InChI=1S/C26H29N3O4S2/c1-33-23-8-6-20-19(5-9-24(31)32)4-7-21(26(20)28-23)27-22(30)17-18-10-12-29(13-11-18)14-16-35-25-3-2-15-34-25/h2-9,15,18H,10-14,16-17H2,1H3,(H,27,30)(H,31,32)/b9-5+. The van der Waals surface area contributed by atoms with Gasteiger partial charge in [0.05, 0.1) is 22.5 Å². The number of pyridine rings is 1. The Kier molecular flexibility index (Phi) is 8.79. The second-order valence-electron chi connectivity index (χ2n) is 8.44. The number of piperidine rings is 1. The molecule has 0 radical (unpaired) electrons. The number of carboxylic acids is 1. The van der Waals surface area contributed by atoms with Gasteiger partial charge in [-0.05, 0) is 67.1 Å². The average molecular weight is 512 g/mol. The van der Waals surface area contributed by atoms with Crippen molar-refractivity contribution in [2.24, 2.45) is 5.92 Å². The molecule has 7 nitrogen and oxygen atoms in total. The third kappa shape index (κ3) is 7.06. The molecule has 0 bridgehead atoms. The summed E-state index contributed by atoms with van der Waals surface area (Å²) >= 11 is 3.69. The Morgan fingerprint density at radius 2 is 2.09 bits per heavy atom. The maximum absolute atomic E-state index is 12.9. The van der Waals surface area contributed by atoms with E-state index < -0.39 is 5.97 Å². The summed E-state index contributed by atoms with van der Waals surface area (Å²) in [6, 6.07) is 11.4. The van der Waals surface area contributed by atoms with Crippen molar-refractivity contribution in [1.29, 1.82) is 0 Å². The van der Waals surface area contributed by atoms with E-state index in [1.165, 1.54) is 17.4 Å². The first-order chi connectivity index (χ1) is 17.0. The van der Waals surface area contributed by atoms with Gasteiger partial charge in [-0.1, -0.05) is 12.1 Å². The van der Waals surface area contributed by atoms with E-state index in [4.69, 9.17) is 9.84 Å². The van der Waals surface area contributed by atoms with Crippen LogP contribution in [0.2, 0.25) is 0 Å². The number of nitrogens with zero attached hydrogens (tertiary/aromatic N) is 2. The Labute approximate surface area is 213 Å². The smallest absolute Gasteiger partial charge is 0.328 e. The van der Waals surface area contributed by atoms with E-state index in [0.29, 0.717) is 35.0 Å². The molecule has 1 saturated heterocycles. The SMILES string of the molecule is COc1ccc2c(/C=C/C(=O)O)ccc(NC(=O)CC3CCN(CCSc4cccs4)CC3)c2n1. The molecule has 3 heterocycles. The zero-order valence-electron chi connectivity index (χ0n) is 19.6. The number of carbonyl (C=O) groups excluding carboxylic acids is 1. The van der Waals surface area contributed by atoms with Crippen LogP contribution in [-0.4, -0.2) is 59.4 Å². The van der Waals surface area contributed by atoms with E-state index in [1.807, 2.05) is 17.8 Å². The number of aliphatic carboxylic acids is 1. The fourth-order valence-corrected chi connectivity index (χ4v) is 6.10. The summed E-state index contributed by atoms with van der Waals surface area (Å²) in [4.78, 5) is 30.8. The van der Waals surface area contributed by atoms with Gasteiger partial charge in [0.15, 0.2) is 0 Å². The number of amides is 1. The van der Waals surface area contributed by atoms with Gasteiger partial charge in [0.25, 0.3) is 0 Å². The van der Waals surface area contributed by atoms with Crippen molar-refractivity contribution in [1.82, 2.24) is 9.88 Å². The molecular formula is C26H29N3O4S2. The number of methoxy groups -OCH3 is 1. The number of carboxylic acid groups (broad SMARTS) is 1. The first-order valence-corrected chi connectivity index (χ1v) is 13.5. The molecule has 0 atom stereocenters. The van der Waals surface area contributed by atoms with E-state index in [0.717, 1.165) is 49.7 Å². The zero-order chi connectivity index (χ0) is 24.6. The molecule has 4 rings (SSSR count). The summed E-state index contributed by atoms with van der Waals surface area (Å²) in [5.41, 5.74) is 1.88. The van der Waals surface area contributed by atoms with Crippen LogP contribution in [0.15, 0.2) is 52.1 Å². The minimum absolute atomic E-state index is 0.0311. The van der Waals surface area contributed by atoms with Gasteiger partial charge >= 0.3 is 5.97 Å². The monoisotopic (exact) mass is 511 g/mol. The molecule has 2 N–H and O–H groups in total. The number of benzene rings is 1. The first kappa shape index (κ1) is 25.2. The molecule has 9 heteroatoms. The van der Waals surface area contributed by atoms with E-state index >= 15 is 0 Å². The number of hydrogen-bond acceptors (Lipinski definition) is 7. The van der Waals surface area contributed by atoms with Gasteiger partial charge in [0.1, 0.15) is 0 Å². The molecule has 3 aromatic rings. The second-order valence-corrected chi connectivity index (χ2v) is 10.8. The highest BCUT2D eigenvalue weighted by Crippen LogP contribution is 2.29. The normalized spacial score (nSPS) is 15.0. The number of aromatic nitrogens is 1. The van der Waals surface area contributed by atoms with Crippen LogP contribution in [0.1, 0.15) is 24.8 Å². The largest absolute Gasteiger partial charge is 0.481 e. The van der Waals surface area contributed by atoms with Crippen LogP contribution in [0.4, 0.5) is 5.69 Å². The molecule has 1 aliphatic heterocycles. The number of ether oxygens (including phenoxy) is 1. The van der Waals surface area contributed by atoms with Gasteiger partial charge in [-0.3, -0.25) is 4.79 Å². The number of likely N-dealkylation sites (tertiary alicyclic amines) is 1. The van der Waals surface area contributed by atoms with Crippen molar-refractivity contribution in [3.8, 4) is 5.88 Å². The van der Waals surface area contributed by atoms with Gasteiger partial charge in [-0.15, -0.1) is 23.1 Å². The fraction of sp³-hybridized carbons (Fsp3) is 0.346. The topological polar surface area (TPSA) is 91.8 Å². The van der Waals surface area contributed by atoms with Crippen LogP contribution < -0.4 is 10.1 Å². The predicted molar refractivity (Wildman–Crippen MR) is 142 cm³/mol. The molecule has 1 aromatic carbocycles. The van der Waals surface area contributed by atoms with E-state index in [2.05, 4.69) is 32.7 Å². The molecule has 35 heavy (non-hydrogen) atoms. The van der Waals surface area contributed by atoms with Crippen molar-refractivity contribution in [2.75, 3.05) is 37.8 Å². The van der Waals surface area contributed by atoms with Crippen molar-refractivity contribution < 1.29 is 19.4 Å². The molecule has 1 aliphatic rings. The van der Waals surface area contributed by atoms with Gasteiger partial charge < -0.3 is 20.1 Å². The highest BCUT2D eigenvalue weighted by molar-refractivity contribution is 8.01. The van der Waals surface area contributed by atoms with Crippen molar-refractivity contribution in [3.05, 3.63) is 53.4 Å². The van der Waals surface area contributed by atoms with E-state index in [1.54, 1.807) is 29.5 Å². The van der Waals surface area contributed by atoms with Crippen LogP contribution >= 0.6 is 23.1 Å². The molecule has 0 unspecified atom stereocenters. The number of anilines is 1. The maximum atomic E-state index is 12.9. The number of thioether (sulfide) groups is 1. The highest BCUT2D eigenvalue weighted by atomic mass is 32.2. The van der Waals surface area contributed by atoms with Crippen molar-refractivity contribution >= 4 is 57.6 Å². The van der Waals surface area contributed by atoms with Crippen molar-refractivity contribution in [2.45, 2.75) is 23.5 Å². The Hall–Kier alpha value is -2.88.